The zero-order valence-electron chi connectivity index (χ0n) is 22.1. The molecule has 3 fully saturated rings. The summed E-state index contributed by atoms with van der Waals surface area (Å²) >= 11 is 0. The van der Waals surface area contributed by atoms with E-state index in [0.717, 1.165) is 75.3 Å². The summed E-state index contributed by atoms with van der Waals surface area (Å²) in [6.07, 6.45) is 8.75. The van der Waals surface area contributed by atoms with Crippen LogP contribution in [0, 0.1) is 0 Å². The molecule has 6 rings (SSSR count). The monoisotopic (exact) mass is 518 g/mol. The van der Waals surface area contributed by atoms with Crippen LogP contribution in [-0.4, -0.2) is 85.2 Å². The second-order valence-corrected chi connectivity index (χ2v) is 10.9. The third-order valence-electron chi connectivity index (χ3n) is 8.38. The quantitative estimate of drug-likeness (QED) is 0.433. The molecular formula is C28H38N8O2. The maximum Gasteiger partial charge on any atom is 0.253 e. The Balaban J connectivity index is 1.23. The minimum absolute atomic E-state index is 0.0808. The van der Waals surface area contributed by atoms with Crippen molar-refractivity contribution in [1.82, 2.24) is 29.3 Å². The number of carbonyl (C=O) groups is 1. The van der Waals surface area contributed by atoms with E-state index in [0.29, 0.717) is 29.8 Å². The van der Waals surface area contributed by atoms with Gasteiger partial charge in [-0.25, -0.2) is 4.98 Å². The first-order valence-electron chi connectivity index (χ1n) is 14.1. The van der Waals surface area contributed by atoms with Crippen molar-refractivity contribution in [2.45, 2.75) is 70.1 Å². The molecule has 0 radical (unpaired) electrons. The van der Waals surface area contributed by atoms with Crippen LogP contribution < -0.4 is 10.6 Å². The predicted octanol–water partition coefficient (Wildman–Crippen LogP) is 3.79. The standard InChI is InChI=1S/C28H38N8O2/c1-2-34-13-15-35(16-14-34)27(38)19-7-9-20(10-8-19)30-25-24-26(36(18-29-24)22-5-3-4-6-22)33-28(32-25)31-21-11-12-23(37)17-21/h7-10,18,21-23,37H,2-6,11-17H2,1H3,(H2,30,31,32,33). The fraction of sp³-hybridized carbons (Fsp3) is 0.571. The Morgan fingerprint density at radius 3 is 2.47 bits per heavy atom. The van der Waals surface area contributed by atoms with Gasteiger partial charge in [-0.15, -0.1) is 0 Å². The van der Waals surface area contributed by atoms with E-state index >= 15 is 0 Å². The molecule has 202 valence electrons. The van der Waals surface area contributed by atoms with E-state index in [1.165, 1.54) is 12.8 Å². The highest BCUT2D eigenvalue weighted by Gasteiger charge is 2.26. The molecule has 38 heavy (non-hydrogen) atoms. The maximum atomic E-state index is 13.0. The average Bonchev–Trinajstić information content (AvgIpc) is 3.70. The van der Waals surface area contributed by atoms with E-state index in [1.807, 2.05) is 35.5 Å². The predicted molar refractivity (Wildman–Crippen MR) is 148 cm³/mol. The van der Waals surface area contributed by atoms with E-state index in [4.69, 9.17) is 15.0 Å². The second kappa shape index (κ2) is 10.9. The van der Waals surface area contributed by atoms with E-state index in [2.05, 4.69) is 27.0 Å². The number of piperazine rings is 1. The van der Waals surface area contributed by atoms with E-state index < -0.39 is 0 Å². The van der Waals surface area contributed by atoms with E-state index in [1.54, 1.807) is 0 Å². The number of hydrogen-bond acceptors (Lipinski definition) is 8. The first kappa shape index (κ1) is 25.1. The summed E-state index contributed by atoms with van der Waals surface area (Å²) in [5.74, 6) is 1.27. The Labute approximate surface area is 223 Å². The molecule has 1 saturated heterocycles. The van der Waals surface area contributed by atoms with Gasteiger partial charge in [-0.1, -0.05) is 19.8 Å². The molecule has 2 aliphatic carbocycles. The lowest BCUT2D eigenvalue weighted by Gasteiger charge is -2.34. The summed E-state index contributed by atoms with van der Waals surface area (Å²) in [7, 11) is 0. The number of fused-ring (bicyclic) bond motifs is 1. The summed E-state index contributed by atoms with van der Waals surface area (Å²) in [6.45, 7) is 6.57. The normalized spacial score (nSPS) is 22.8. The molecule has 1 aromatic carbocycles. The van der Waals surface area contributed by atoms with Crippen LogP contribution in [0.4, 0.5) is 17.5 Å². The highest BCUT2D eigenvalue weighted by Crippen LogP contribution is 2.34. The summed E-state index contributed by atoms with van der Waals surface area (Å²) in [5.41, 5.74) is 3.10. The minimum Gasteiger partial charge on any atom is -0.393 e. The molecule has 3 N–H and O–H groups in total. The number of aromatic nitrogens is 4. The van der Waals surface area contributed by atoms with Crippen LogP contribution in [0.1, 0.15) is 68.3 Å². The number of anilines is 3. The summed E-state index contributed by atoms with van der Waals surface area (Å²) < 4.78 is 2.20. The summed E-state index contributed by atoms with van der Waals surface area (Å²) in [5, 5.41) is 16.9. The molecule has 2 saturated carbocycles. The number of hydrogen-bond donors (Lipinski definition) is 3. The van der Waals surface area contributed by atoms with Gasteiger partial charge in [-0.05, 0) is 62.9 Å². The zero-order chi connectivity index (χ0) is 26.1. The number of carbonyl (C=O) groups excluding carboxylic acids is 1. The van der Waals surface area contributed by atoms with Gasteiger partial charge in [0.25, 0.3) is 5.91 Å². The highest BCUT2D eigenvalue weighted by molar-refractivity contribution is 5.95. The van der Waals surface area contributed by atoms with Crippen molar-refractivity contribution >= 4 is 34.5 Å². The largest absolute Gasteiger partial charge is 0.393 e. The Hall–Kier alpha value is -3.24. The first-order valence-corrected chi connectivity index (χ1v) is 14.1. The van der Waals surface area contributed by atoms with Gasteiger partial charge >= 0.3 is 0 Å². The molecule has 0 bridgehead atoms. The van der Waals surface area contributed by atoms with Gasteiger partial charge in [0.1, 0.15) is 0 Å². The van der Waals surface area contributed by atoms with Crippen molar-refractivity contribution in [1.29, 1.82) is 0 Å². The van der Waals surface area contributed by atoms with Crippen LogP contribution >= 0.6 is 0 Å². The number of aliphatic hydroxyl groups is 1. The maximum absolute atomic E-state index is 13.0. The molecule has 0 spiro atoms. The molecule has 1 aliphatic heterocycles. The van der Waals surface area contributed by atoms with Gasteiger partial charge in [-0.2, -0.15) is 9.97 Å². The summed E-state index contributed by atoms with van der Waals surface area (Å²) in [4.78, 5) is 31.7. The van der Waals surface area contributed by atoms with Crippen LogP contribution in [0.25, 0.3) is 11.2 Å². The Morgan fingerprint density at radius 2 is 1.79 bits per heavy atom. The lowest BCUT2D eigenvalue weighted by Crippen LogP contribution is -2.48. The number of likely N-dealkylation sites (N-methyl/N-ethyl adjacent to an activating group) is 1. The van der Waals surface area contributed by atoms with E-state index in [9.17, 15) is 9.90 Å². The van der Waals surface area contributed by atoms with Crippen LogP contribution in [-0.2, 0) is 0 Å². The molecule has 3 aromatic rings. The number of nitrogens with one attached hydrogen (secondary N) is 2. The number of amides is 1. The molecule has 2 atom stereocenters. The van der Waals surface area contributed by atoms with Crippen molar-refractivity contribution in [3.8, 4) is 0 Å². The summed E-state index contributed by atoms with van der Waals surface area (Å²) in [6, 6.07) is 8.18. The average molecular weight is 519 g/mol. The van der Waals surface area contributed by atoms with E-state index in [-0.39, 0.29) is 18.1 Å². The van der Waals surface area contributed by atoms with Crippen LogP contribution in [0.3, 0.4) is 0 Å². The highest BCUT2D eigenvalue weighted by atomic mass is 16.3. The topological polar surface area (TPSA) is 111 Å². The van der Waals surface area contributed by atoms with Gasteiger partial charge in [0, 0.05) is 49.5 Å². The Kier molecular flexibility index (Phi) is 7.16. The molecule has 1 amide bonds. The Bertz CT molecular complexity index is 1260. The molecular weight excluding hydrogens is 480 g/mol. The number of imidazole rings is 1. The molecule has 10 nitrogen and oxygen atoms in total. The minimum atomic E-state index is -0.269. The van der Waals surface area contributed by atoms with Gasteiger partial charge < -0.3 is 30.1 Å². The molecule has 10 heteroatoms. The van der Waals surface area contributed by atoms with Crippen molar-refractivity contribution < 1.29 is 9.90 Å². The Morgan fingerprint density at radius 1 is 1.03 bits per heavy atom. The smallest absolute Gasteiger partial charge is 0.253 e. The fourth-order valence-electron chi connectivity index (χ4n) is 6.07. The van der Waals surface area contributed by atoms with Crippen LogP contribution in [0.5, 0.6) is 0 Å². The SMILES string of the molecule is CCN1CCN(C(=O)c2ccc(Nc3nc(NC4CCC(O)C4)nc4c3ncn4C3CCCC3)cc2)CC1. The molecule has 2 unspecified atom stereocenters. The van der Waals surface area contributed by atoms with Gasteiger partial charge in [0.2, 0.25) is 5.95 Å². The lowest BCUT2D eigenvalue weighted by atomic mass is 10.1. The number of nitrogens with zero attached hydrogens (tertiary/aromatic N) is 6. The molecule has 3 aliphatic rings. The van der Waals surface area contributed by atoms with Crippen molar-refractivity contribution in [2.75, 3.05) is 43.4 Å². The fourth-order valence-corrected chi connectivity index (χ4v) is 6.07. The van der Waals surface area contributed by atoms with Gasteiger partial charge in [-0.3, -0.25) is 4.79 Å². The van der Waals surface area contributed by atoms with Crippen molar-refractivity contribution in [2.24, 2.45) is 0 Å². The van der Waals surface area contributed by atoms with Gasteiger partial charge in [0.15, 0.2) is 17.0 Å². The molecule has 2 aromatic heterocycles. The number of benzene rings is 1. The zero-order valence-corrected chi connectivity index (χ0v) is 22.1. The second-order valence-electron chi connectivity index (χ2n) is 10.9. The lowest BCUT2D eigenvalue weighted by molar-refractivity contribution is 0.0643. The van der Waals surface area contributed by atoms with Crippen molar-refractivity contribution in [3.05, 3.63) is 36.2 Å². The van der Waals surface area contributed by atoms with Crippen LogP contribution in [0.15, 0.2) is 30.6 Å². The molecule has 3 heterocycles. The first-order chi connectivity index (χ1) is 18.6. The third kappa shape index (κ3) is 5.19. The number of rotatable bonds is 7. The van der Waals surface area contributed by atoms with Crippen LogP contribution in [0.2, 0.25) is 0 Å². The van der Waals surface area contributed by atoms with Crippen molar-refractivity contribution in [3.63, 3.8) is 0 Å². The third-order valence-corrected chi connectivity index (χ3v) is 8.38. The van der Waals surface area contributed by atoms with Gasteiger partial charge in [0.05, 0.1) is 12.4 Å². The number of aliphatic hydroxyl groups excluding tert-OH is 1.